The summed E-state index contributed by atoms with van der Waals surface area (Å²) in [7, 11) is 1.66. The lowest BCUT2D eigenvalue weighted by Gasteiger charge is -2.17. The van der Waals surface area contributed by atoms with Crippen LogP contribution in [0.1, 0.15) is 30.5 Å². The van der Waals surface area contributed by atoms with Gasteiger partial charge in [0.15, 0.2) is 0 Å². The minimum absolute atomic E-state index is 0.0126. The van der Waals surface area contributed by atoms with Crippen molar-refractivity contribution in [2.24, 2.45) is 0 Å². The largest absolute Gasteiger partial charge is 0.380 e. The Hall–Kier alpha value is -1.90. The van der Waals surface area contributed by atoms with Crippen LogP contribution in [0.4, 0.5) is 0 Å². The van der Waals surface area contributed by atoms with Gasteiger partial charge in [0, 0.05) is 13.7 Å². The van der Waals surface area contributed by atoms with Crippen LogP contribution < -0.4 is 10.6 Å². The van der Waals surface area contributed by atoms with Gasteiger partial charge in [0.25, 0.3) is 0 Å². The highest BCUT2D eigenvalue weighted by Gasteiger charge is 2.29. The maximum atomic E-state index is 12.1. The first kappa shape index (κ1) is 14.5. The molecule has 0 spiro atoms. The predicted octanol–water partition coefficient (Wildman–Crippen LogP) is 1.11. The third kappa shape index (κ3) is 3.35. The maximum absolute atomic E-state index is 12.1. The summed E-state index contributed by atoms with van der Waals surface area (Å²) in [5.74, 6) is -0.0126. The van der Waals surface area contributed by atoms with Crippen LogP contribution in [0.2, 0.25) is 0 Å². The topological polar surface area (TPSA) is 74.2 Å². The van der Waals surface area contributed by atoms with Crippen molar-refractivity contribution in [3.8, 4) is 6.07 Å². The third-order valence-electron chi connectivity index (χ3n) is 3.64. The number of amides is 1. The first-order valence-corrected chi connectivity index (χ1v) is 6.70. The van der Waals surface area contributed by atoms with Crippen molar-refractivity contribution >= 4 is 5.91 Å². The Morgan fingerprint density at radius 3 is 2.75 bits per heavy atom. The SMILES string of the molecule is COC1CNC(C(=O)NC(C)c2ccc(C#N)cc2)C1. The van der Waals surface area contributed by atoms with Gasteiger partial charge in [0.05, 0.1) is 29.8 Å². The van der Waals surface area contributed by atoms with Crippen molar-refractivity contribution in [3.05, 3.63) is 35.4 Å². The minimum atomic E-state index is -0.194. The average molecular weight is 273 g/mol. The predicted molar refractivity (Wildman–Crippen MR) is 74.9 cm³/mol. The molecule has 2 rings (SSSR count). The average Bonchev–Trinajstić information content (AvgIpc) is 2.96. The van der Waals surface area contributed by atoms with E-state index in [1.54, 1.807) is 19.2 Å². The molecule has 0 saturated carbocycles. The molecule has 3 atom stereocenters. The van der Waals surface area contributed by atoms with Crippen molar-refractivity contribution in [3.63, 3.8) is 0 Å². The summed E-state index contributed by atoms with van der Waals surface area (Å²) in [6.45, 7) is 2.64. The van der Waals surface area contributed by atoms with Crippen molar-refractivity contribution < 1.29 is 9.53 Å². The smallest absolute Gasteiger partial charge is 0.237 e. The molecule has 0 radical (unpaired) electrons. The molecule has 1 aromatic rings. The lowest BCUT2D eigenvalue weighted by atomic mass is 10.1. The van der Waals surface area contributed by atoms with E-state index in [0.29, 0.717) is 18.5 Å². The number of nitrogens with one attached hydrogen (secondary N) is 2. The van der Waals surface area contributed by atoms with Crippen LogP contribution in [0.15, 0.2) is 24.3 Å². The van der Waals surface area contributed by atoms with E-state index in [1.807, 2.05) is 19.1 Å². The van der Waals surface area contributed by atoms with Gasteiger partial charge in [-0.25, -0.2) is 0 Å². The van der Waals surface area contributed by atoms with E-state index in [1.165, 1.54) is 0 Å². The van der Waals surface area contributed by atoms with Gasteiger partial charge in [-0.05, 0) is 31.0 Å². The van der Waals surface area contributed by atoms with Crippen LogP contribution in [-0.4, -0.2) is 31.7 Å². The second kappa shape index (κ2) is 6.51. The summed E-state index contributed by atoms with van der Waals surface area (Å²) in [5.41, 5.74) is 1.60. The van der Waals surface area contributed by atoms with Gasteiger partial charge >= 0.3 is 0 Å². The summed E-state index contributed by atoms with van der Waals surface area (Å²) >= 11 is 0. The molecule has 1 saturated heterocycles. The summed E-state index contributed by atoms with van der Waals surface area (Å²) in [5, 5.41) is 14.9. The fraction of sp³-hybridized carbons (Fsp3) is 0.467. The molecule has 1 amide bonds. The summed E-state index contributed by atoms with van der Waals surface area (Å²) < 4.78 is 5.23. The Bertz CT molecular complexity index is 507. The van der Waals surface area contributed by atoms with Crippen molar-refractivity contribution in [1.29, 1.82) is 5.26 Å². The number of nitrogens with zero attached hydrogens (tertiary/aromatic N) is 1. The quantitative estimate of drug-likeness (QED) is 0.862. The van der Waals surface area contributed by atoms with Gasteiger partial charge in [-0.15, -0.1) is 0 Å². The van der Waals surface area contributed by atoms with Gasteiger partial charge < -0.3 is 15.4 Å². The maximum Gasteiger partial charge on any atom is 0.237 e. The highest BCUT2D eigenvalue weighted by molar-refractivity contribution is 5.82. The van der Waals surface area contributed by atoms with Crippen molar-refractivity contribution in [2.75, 3.05) is 13.7 Å². The van der Waals surface area contributed by atoms with Crippen LogP contribution in [-0.2, 0) is 9.53 Å². The molecule has 5 nitrogen and oxygen atoms in total. The fourth-order valence-corrected chi connectivity index (χ4v) is 2.33. The molecule has 0 bridgehead atoms. The zero-order valence-electron chi connectivity index (χ0n) is 11.7. The first-order valence-electron chi connectivity index (χ1n) is 6.70. The Kier molecular flexibility index (Phi) is 4.72. The lowest BCUT2D eigenvalue weighted by Crippen LogP contribution is -2.41. The molecule has 106 valence electrons. The van der Waals surface area contributed by atoms with Gasteiger partial charge in [-0.3, -0.25) is 4.79 Å². The van der Waals surface area contributed by atoms with Crippen LogP contribution in [0.5, 0.6) is 0 Å². The zero-order valence-corrected chi connectivity index (χ0v) is 11.7. The number of nitriles is 1. The Morgan fingerprint density at radius 2 is 2.20 bits per heavy atom. The fourth-order valence-electron chi connectivity index (χ4n) is 2.33. The highest BCUT2D eigenvalue weighted by atomic mass is 16.5. The molecule has 1 aliphatic heterocycles. The Balaban J connectivity index is 1.92. The third-order valence-corrected chi connectivity index (χ3v) is 3.64. The molecule has 1 aliphatic rings. The number of hydrogen-bond acceptors (Lipinski definition) is 4. The number of benzene rings is 1. The minimum Gasteiger partial charge on any atom is -0.380 e. The summed E-state index contributed by atoms with van der Waals surface area (Å²) in [4.78, 5) is 12.1. The first-order chi connectivity index (χ1) is 9.63. The molecule has 2 N–H and O–H groups in total. The van der Waals surface area contributed by atoms with E-state index in [4.69, 9.17) is 10.00 Å². The van der Waals surface area contributed by atoms with Gasteiger partial charge in [0.2, 0.25) is 5.91 Å². The molecule has 1 aromatic carbocycles. The van der Waals surface area contributed by atoms with E-state index in [2.05, 4.69) is 16.7 Å². The number of carbonyl (C=O) groups excluding carboxylic acids is 1. The molecular weight excluding hydrogens is 254 g/mol. The van der Waals surface area contributed by atoms with Crippen molar-refractivity contribution in [2.45, 2.75) is 31.5 Å². The molecular formula is C15H19N3O2. The molecule has 0 aromatic heterocycles. The standard InChI is InChI=1S/C15H19N3O2/c1-10(12-5-3-11(8-16)4-6-12)18-15(19)14-7-13(20-2)9-17-14/h3-6,10,13-14,17H,7,9H2,1-2H3,(H,18,19). The van der Waals surface area contributed by atoms with Crippen LogP contribution in [0.3, 0.4) is 0 Å². The normalized spacial score (nSPS) is 23.1. The molecule has 1 heterocycles. The van der Waals surface area contributed by atoms with Crippen LogP contribution in [0.25, 0.3) is 0 Å². The van der Waals surface area contributed by atoms with Crippen molar-refractivity contribution in [1.82, 2.24) is 10.6 Å². The summed E-state index contributed by atoms with van der Waals surface area (Å²) in [6.07, 6.45) is 0.804. The lowest BCUT2D eigenvalue weighted by molar-refractivity contribution is -0.123. The van der Waals surface area contributed by atoms with Crippen LogP contribution in [0, 0.1) is 11.3 Å². The Labute approximate surface area is 118 Å². The number of carbonyl (C=O) groups is 1. The molecule has 20 heavy (non-hydrogen) atoms. The highest BCUT2D eigenvalue weighted by Crippen LogP contribution is 2.15. The van der Waals surface area contributed by atoms with E-state index in [0.717, 1.165) is 5.56 Å². The molecule has 0 aliphatic carbocycles. The van der Waals surface area contributed by atoms with Gasteiger partial charge in [-0.1, -0.05) is 12.1 Å². The van der Waals surface area contributed by atoms with E-state index < -0.39 is 0 Å². The number of ether oxygens (including phenoxy) is 1. The van der Waals surface area contributed by atoms with Gasteiger partial charge in [0.1, 0.15) is 0 Å². The molecule has 5 heteroatoms. The van der Waals surface area contributed by atoms with Gasteiger partial charge in [-0.2, -0.15) is 5.26 Å². The molecule has 1 fully saturated rings. The van der Waals surface area contributed by atoms with E-state index in [-0.39, 0.29) is 24.1 Å². The number of hydrogen-bond donors (Lipinski definition) is 2. The zero-order chi connectivity index (χ0) is 14.5. The second-order valence-electron chi connectivity index (χ2n) is 5.02. The summed E-state index contributed by atoms with van der Waals surface area (Å²) in [6, 6.07) is 9.04. The monoisotopic (exact) mass is 273 g/mol. The molecule has 3 unspecified atom stereocenters. The second-order valence-corrected chi connectivity index (χ2v) is 5.02. The Morgan fingerprint density at radius 1 is 1.50 bits per heavy atom. The van der Waals surface area contributed by atoms with E-state index >= 15 is 0 Å². The van der Waals surface area contributed by atoms with E-state index in [9.17, 15) is 4.79 Å². The van der Waals surface area contributed by atoms with Crippen LogP contribution >= 0.6 is 0 Å². The number of rotatable bonds is 4. The number of methoxy groups -OCH3 is 1.